The first kappa shape index (κ1) is 12.7. The van der Waals surface area contributed by atoms with Gasteiger partial charge in [0.25, 0.3) is 0 Å². The fourth-order valence-corrected chi connectivity index (χ4v) is 2.98. The van der Waals surface area contributed by atoms with Crippen LogP contribution in [0.25, 0.3) is 0 Å². The minimum Gasteiger partial charge on any atom is -0.478 e. The van der Waals surface area contributed by atoms with Crippen LogP contribution in [-0.2, 0) is 4.79 Å². The molecule has 0 bridgehead atoms. The van der Waals surface area contributed by atoms with Crippen LogP contribution < -0.4 is 0 Å². The van der Waals surface area contributed by atoms with Crippen LogP contribution in [-0.4, -0.2) is 11.1 Å². The van der Waals surface area contributed by atoms with Crippen molar-refractivity contribution in [3.8, 4) is 0 Å². The largest absolute Gasteiger partial charge is 0.478 e. The van der Waals surface area contributed by atoms with E-state index in [9.17, 15) is 4.79 Å². The summed E-state index contributed by atoms with van der Waals surface area (Å²) in [5.41, 5.74) is 2.56. The maximum atomic E-state index is 10.7. The second-order valence-electron chi connectivity index (χ2n) is 5.15. The van der Waals surface area contributed by atoms with Crippen molar-refractivity contribution >= 4 is 5.97 Å². The fourth-order valence-electron chi connectivity index (χ4n) is 2.98. The number of hydrogen-bond acceptors (Lipinski definition) is 1. The molecule has 0 aliphatic heterocycles. The van der Waals surface area contributed by atoms with Gasteiger partial charge < -0.3 is 5.11 Å². The zero-order chi connectivity index (χ0) is 13.9. The third-order valence-corrected chi connectivity index (χ3v) is 3.91. The molecule has 0 radical (unpaired) electrons. The summed E-state index contributed by atoms with van der Waals surface area (Å²) in [6.45, 7) is 0. The van der Waals surface area contributed by atoms with Crippen molar-refractivity contribution in [2.45, 2.75) is 11.8 Å². The quantitative estimate of drug-likeness (QED) is 0.852. The van der Waals surface area contributed by atoms with E-state index in [4.69, 9.17) is 5.11 Å². The Morgan fingerprint density at radius 3 is 1.70 bits per heavy atom. The Kier molecular flexibility index (Phi) is 3.38. The molecule has 0 spiro atoms. The molecule has 2 heteroatoms. The molecule has 0 amide bonds. The maximum absolute atomic E-state index is 10.7. The van der Waals surface area contributed by atoms with Crippen molar-refractivity contribution in [2.75, 3.05) is 0 Å². The highest BCUT2D eigenvalue weighted by Gasteiger charge is 2.49. The highest BCUT2D eigenvalue weighted by Crippen LogP contribution is 2.61. The first-order valence-corrected chi connectivity index (χ1v) is 6.78. The topological polar surface area (TPSA) is 37.3 Å². The molecule has 20 heavy (non-hydrogen) atoms. The highest BCUT2D eigenvalue weighted by atomic mass is 16.4. The van der Waals surface area contributed by atoms with E-state index in [2.05, 4.69) is 24.3 Å². The van der Waals surface area contributed by atoms with Crippen molar-refractivity contribution in [3.63, 3.8) is 0 Å². The molecule has 2 nitrogen and oxygen atoms in total. The fraction of sp³-hybridized carbons (Fsp3) is 0.167. The molecule has 0 saturated heterocycles. The van der Waals surface area contributed by atoms with Gasteiger partial charge in [-0.15, -0.1) is 0 Å². The van der Waals surface area contributed by atoms with Gasteiger partial charge in [-0.3, -0.25) is 0 Å². The van der Waals surface area contributed by atoms with Gasteiger partial charge in [-0.25, -0.2) is 4.79 Å². The molecular formula is C18H16O2. The summed E-state index contributed by atoms with van der Waals surface area (Å²) in [6.07, 6.45) is 3.10. The second-order valence-corrected chi connectivity index (χ2v) is 5.15. The number of hydrogen-bond donors (Lipinski definition) is 1. The summed E-state index contributed by atoms with van der Waals surface area (Å²) >= 11 is 0. The molecule has 2 unspecified atom stereocenters. The number of allylic oxidation sites excluding steroid dienone is 1. The molecule has 1 aliphatic carbocycles. The minimum atomic E-state index is -0.879. The van der Waals surface area contributed by atoms with Crippen molar-refractivity contribution in [2.24, 2.45) is 5.92 Å². The lowest BCUT2D eigenvalue weighted by atomic mass is 10.0. The van der Waals surface area contributed by atoms with E-state index in [-0.39, 0.29) is 5.92 Å². The van der Waals surface area contributed by atoms with E-state index in [1.54, 1.807) is 0 Å². The summed E-state index contributed by atoms with van der Waals surface area (Å²) in [7, 11) is 0. The van der Waals surface area contributed by atoms with Crippen LogP contribution in [0.5, 0.6) is 0 Å². The summed E-state index contributed by atoms with van der Waals surface area (Å²) in [4.78, 5) is 10.7. The van der Waals surface area contributed by atoms with Crippen LogP contribution in [0, 0.1) is 5.92 Å². The molecular weight excluding hydrogens is 248 g/mol. The van der Waals surface area contributed by atoms with E-state index in [0.717, 1.165) is 0 Å². The number of benzene rings is 2. The molecule has 1 N–H and O–H groups in total. The molecule has 0 aromatic heterocycles. The first-order chi connectivity index (χ1) is 9.77. The molecule has 1 aliphatic rings. The van der Waals surface area contributed by atoms with Crippen LogP contribution in [0.15, 0.2) is 72.8 Å². The molecule has 2 aromatic carbocycles. The smallest absolute Gasteiger partial charge is 0.327 e. The number of aliphatic carboxylic acids is 1. The second kappa shape index (κ2) is 5.33. The summed E-state index contributed by atoms with van der Waals surface area (Å²) in [5, 5.41) is 8.82. The molecule has 0 heterocycles. The predicted molar refractivity (Wildman–Crippen MR) is 78.6 cm³/mol. The van der Waals surface area contributed by atoms with Gasteiger partial charge in [0.1, 0.15) is 0 Å². The average molecular weight is 264 g/mol. The Labute approximate surface area is 118 Å². The summed E-state index contributed by atoms with van der Waals surface area (Å²) in [5.74, 6) is 0.162. The molecule has 100 valence electrons. The molecule has 2 aromatic rings. The van der Waals surface area contributed by atoms with Crippen molar-refractivity contribution in [3.05, 3.63) is 83.9 Å². The monoisotopic (exact) mass is 264 g/mol. The normalized spacial score (nSPS) is 24.7. The van der Waals surface area contributed by atoms with Crippen LogP contribution in [0.3, 0.4) is 0 Å². The number of rotatable bonds is 4. The van der Waals surface area contributed by atoms with Gasteiger partial charge >= 0.3 is 5.97 Å². The molecule has 1 saturated carbocycles. The van der Waals surface area contributed by atoms with Gasteiger partial charge in [0, 0.05) is 6.08 Å². The molecule has 3 rings (SSSR count). The highest BCUT2D eigenvalue weighted by molar-refractivity contribution is 5.80. The van der Waals surface area contributed by atoms with Crippen LogP contribution in [0.2, 0.25) is 0 Å². The third-order valence-electron chi connectivity index (χ3n) is 3.91. The van der Waals surface area contributed by atoms with Crippen LogP contribution >= 0.6 is 0 Å². The third kappa shape index (κ3) is 2.50. The van der Waals surface area contributed by atoms with E-state index < -0.39 is 5.97 Å². The van der Waals surface area contributed by atoms with E-state index in [1.165, 1.54) is 17.2 Å². The lowest BCUT2D eigenvalue weighted by Crippen LogP contribution is -1.87. The molecule has 1 fully saturated rings. The van der Waals surface area contributed by atoms with Crippen LogP contribution in [0.4, 0.5) is 0 Å². The van der Waals surface area contributed by atoms with Crippen LogP contribution in [0.1, 0.15) is 23.0 Å². The van der Waals surface area contributed by atoms with Gasteiger partial charge in [-0.1, -0.05) is 66.7 Å². The van der Waals surface area contributed by atoms with E-state index in [0.29, 0.717) is 11.8 Å². The van der Waals surface area contributed by atoms with E-state index >= 15 is 0 Å². The Hall–Kier alpha value is -2.35. The van der Waals surface area contributed by atoms with Gasteiger partial charge in [-0.05, 0) is 28.9 Å². The Morgan fingerprint density at radius 2 is 1.30 bits per heavy atom. The summed E-state index contributed by atoms with van der Waals surface area (Å²) in [6, 6.07) is 20.6. The Morgan fingerprint density at radius 1 is 0.850 bits per heavy atom. The standard InChI is InChI=1S/C18H16O2/c19-16(20)12-11-15-17(13-7-3-1-4-8-13)18(15)14-9-5-2-6-10-14/h1-12,15,17-18H,(H,19,20)/b12-11+. The van der Waals surface area contributed by atoms with Gasteiger partial charge in [0.05, 0.1) is 0 Å². The first-order valence-electron chi connectivity index (χ1n) is 6.78. The molecule has 2 atom stereocenters. The maximum Gasteiger partial charge on any atom is 0.327 e. The SMILES string of the molecule is O=C(O)/C=C/C1C(c2ccccc2)C1c1ccccc1. The minimum absolute atomic E-state index is 0.274. The number of carbonyl (C=O) groups is 1. The summed E-state index contributed by atoms with van der Waals surface area (Å²) < 4.78 is 0. The lowest BCUT2D eigenvalue weighted by molar-refractivity contribution is -0.131. The average Bonchev–Trinajstić information content (AvgIpc) is 3.21. The predicted octanol–water partition coefficient (Wildman–Crippen LogP) is 3.82. The lowest BCUT2D eigenvalue weighted by Gasteiger charge is -2.00. The van der Waals surface area contributed by atoms with Crippen molar-refractivity contribution < 1.29 is 9.90 Å². The zero-order valence-electron chi connectivity index (χ0n) is 11.0. The van der Waals surface area contributed by atoms with Gasteiger partial charge in [0.15, 0.2) is 0 Å². The number of carboxylic acids is 1. The Bertz CT molecular complexity index is 571. The van der Waals surface area contributed by atoms with Crippen molar-refractivity contribution in [1.82, 2.24) is 0 Å². The number of carboxylic acid groups (broad SMARTS) is 1. The Balaban J connectivity index is 1.89. The van der Waals surface area contributed by atoms with Gasteiger partial charge in [-0.2, -0.15) is 0 Å². The van der Waals surface area contributed by atoms with Crippen molar-refractivity contribution in [1.29, 1.82) is 0 Å². The van der Waals surface area contributed by atoms with E-state index in [1.807, 2.05) is 42.5 Å². The zero-order valence-corrected chi connectivity index (χ0v) is 11.0. The van der Waals surface area contributed by atoms with Gasteiger partial charge in [0.2, 0.25) is 0 Å².